The van der Waals surface area contributed by atoms with Crippen molar-refractivity contribution in [2.24, 2.45) is 5.92 Å². The fourth-order valence-corrected chi connectivity index (χ4v) is 4.09. The summed E-state index contributed by atoms with van der Waals surface area (Å²) in [6, 6.07) is 0. The summed E-state index contributed by atoms with van der Waals surface area (Å²) in [4.78, 5) is 0. The SMILES string of the molecule is C=CCN(CC)S(=O)(=O)N1CCCC(CNC)C1. The van der Waals surface area contributed by atoms with E-state index in [9.17, 15) is 8.42 Å². The molecule has 0 saturated carbocycles. The molecule has 0 aromatic heterocycles. The average Bonchev–Trinajstić information content (AvgIpc) is 2.36. The summed E-state index contributed by atoms with van der Waals surface area (Å²) in [5.41, 5.74) is 0. The molecule has 0 radical (unpaired) electrons. The van der Waals surface area contributed by atoms with Gasteiger partial charge in [-0.15, -0.1) is 6.58 Å². The van der Waals surface area contributed by atoms with Crippen molar-refractivity contribution in [2.45, 2.75) is 19.8 Å². The zero-order chi connectivity index (χ0) is 13.6. The van der Waals surface area contributed by atoms with Crippen molar-refractivity contribution in [1.29, 1.82) is 0 Å². The molecule has 0 bridgehead atoms. The number of nitrogens with zero attached hydrogens (tertiary/aromatic N) is 2. The number of piperidine rings is 1. The minimum absolute atomic E-state index is 0.381. The summed E-state index contributed by atoms with van der Waals surface area (Å²) in [5, 5.41) is 3.13. The third-order valence-corrected chi connectivity index (χ3v) is 5.36. The van der Waals surface area contributed by atoms with Gasteiger partial charge in [0.05, 0.1) is 0 Å². The lowest BCUT2D eigenvalue weighted by Gasteiger charge is -2.35. The zero-order valence-electron chi connectivity index (χ0n) is 11.4. The summed E-state index contributed by atoms with van der Waals surface area (Å²) in [6.07, 6.45) is 3.67. The first-order chi connectivity index (χ1) is 8.56. The van der Waals surface area contributed by atoms with Crippen LogP contribution >= 0.6 is 0 Å². The summed E-state index contributed by atoms with van der Waals surface area (Å²) in [6.45, 7) is 8.47. The van der Waals surface area contributed by atoms with Gasteiger partial charge in [0.1, 0.15) is 0 Å². The first kappa shape index (κ1) is 15.6. The van der Waals surface area contributed by atoms with Gasteiger partial charge in [-0.2, -0.15) is 17.0 Å². The first-order valence-electron chi connectivity index (χ1n) is 6.57. The summed E-state index contributed by atoms with van der Waals surface area (Å²) < 4.78 is 28.0. The van der Waals surface area contributed by atoms with Gasteiger partial charge in [0.2, 0.25) is 0 Å². The highest BCUT2D eigenvalue weighted by atomic mass is 32.2. The van der Waals surface area contributed by atoms with E-state index in [0.29, 0.717) is 32.1 Å². The molecule has 0 amide bonds. The van der Waals surface area contributed by atoms with Crippen molar-refractivity contribution in [2.75, 3.05) is 39.8 Å². The molecule has 6 heteroatoms. The monoisotopic (exact) mass is 275 g/mol. The van der Waals surface area contributed by atoms with Crippen LogP contribution < -0.4 is 5.32 Å². The van der Waals surface area contributed by atoms with Gasteiger partial charge in [-0.25, -0.2) is 0 Å². The van der Waals surface area contributed by atoms with Crippen LogP contribution in [0.3, 0.4) is 0 Å². The Balaban J connectivity index is 2.74. The minimum Gasteiger partial charge on any atom is -0.319 e. The van der Waals surface area contributed by atoms with Crippen LogP contribution in [-0.2, 0) is 10.2 Å². The van der Waals surface area contributed by atoms with Gasteiger partial charge >= 0.3 is 0 Å². The maximum absolute atomic E-state index is 12.4. The second kappa shape index (κ2) is 7.23. The van der Waals surface area contributed by atoms with Crippen molar-refractivity contribution in [3.63, 3.8) is 0 Å². The van der Waals surface area contributed by atoms with Gasteiger partial charge in [0, 0.05) is 26.2 Å². The summed E-state index contributed by atoms with van der Waals surface area (Å²) in [5.74, 6) is 0.418. The van der Waals surface area contributed by atoms with Crippen LogP contribution in [-0.4, -0.2) is 56.8 Å². The van der Waals surface area contributed by atoms with E-state index in [1.54, 1.807) is 10.4 Å². The van der Waals surface area contributed by atoms with Crippen LogP contribution in [0.2, 0.25) is 0 Å². The van der Waals surface area contributed by atoms with Crippen LogP contribution in [0.25, 0.3) is 0 Å². The highest BCUT2D eigenvalue weighted by Crippen LogP contribution is 2.20. The number of hydrogen-bond donors (Lipinski definition) is 1. The van der Waals surface area contributed by atoms with Crippen molar-refractivity contribution >= 4 is 10.2 Å². The Morgan fingerprint density at radius 1 is 1.56 bits per heavy atom. The first-order valence-corrected chi connectivity index (χ1v) is 7.96. The van der Waals surface area contributed by atoms with Crippen molar-refractivity contribution in [1.82, 2.24) is 13.9 Å². The van der Waals surface area contributed by atoms with E-state index in [2.05, 4.69) is 11.9 Å². The predicted octanol–water partition coefficient (Wildman–Crippen LogP) is 0.671. The number of likely N-dealkylation sites (N-methyl/N-ethyl adjacent to an activating group) is 1. The van der Waals surface area contributed by atoms with Gasteiger partial charge in [-0.05, 0) is 32.4 Å². The van der Waals surface area contributed by atoms with Gasteiger partial charge in [-0.3, -0.25) is 0 Å². The van der Waals surface area contributed by atoms with E-state index < -0.39 is 10.2 Å². The van der Waals surface area contributed by atoms with Crippen LogP contribution in [0, 0.1) is 5.92 Å². The predicted molar refractivity (Wildman–Crippen MR) is 74.6 cm³/mol. The molecular formula is C12H25N3O2S. The van der Waals surface area contributed by atoms with Crippen LogP contribution in [0.1, 0.15) is 19.8 Å². The topological polar surface area (TPSA) is 52.7 Å². The molecule has 1 aliphatic heterocycles. The van der Waals surface area contributed by atoms with E-state index in [1.165, 1.54) is 4.31 Å². The third kappa shape index (κ3) is 3.78. The van der Waals surface area contributed by atoms with Crippen LogP contribution in [0.5, 0.6) is 0 Å². The molecule has 106 valence electrons. The molecular weight excluding hydrogens is 250 g/mol. The van der Waals surface area contributed by atoms with E-state index >= 15 is 0 Å². The number of rotatable bonds is 7. The molecule has 1 atom stereocenters. The second-order valence-corrected chi connectivity index (χ2v) is 6.60. The Morgan fingerprint density at radius 3 is 2.83 bits per heavy atom. The smallest absolute Gasteiger partial charge is 0.282 e. The highest BCUT2D eigenvalue weighted by Gasteiger charge is 2.32. The summed E-state index contributed by atoms with van der Waals surface area (Å²) in [7, 11) is -1.41. The number of hydrogen-bond acceptors (Lipinski definition) is 3. The molecule has 1 N–H and O–H groups in total. The minimum atomic E-state index is -3.32. The maximum atomic E-state index is 12.4. The quantitative estimate of drug-likeness (QED) is 0.695. The number of nitrogens with one attached hydrogen (secondary N) is 1. The summed E-state index contributed by atoms with van der Waals surface area (Å²) >= 11 is 0. The van der Waals surface area contributed by atoms with Crippen LogP contribution in [0.15, 0.2) is 12.7 Å². The molecule has 0 aliphatic carbocycles. The molecule has 0 spiro atoms. The van der Waals surface area contributed by atoms with Crippen molar-refractivity contribution < 1.29 is 8.42 Å². The Kier molecular flexibility index (Phi) is 6.28. The molecule has 18 heavy (non-hydrogen) atoms. The molecule has 1 saturated heterocycles. The van der Waals surface area contributed by atoms with Gasteiger partial charge < -0.3 is 5.32 Å². The van der Waals surface area contributed by atoms with E-state index in [4.69, 9.17) is 0 Å². The van der Waals surface area contributed by atoms with E-state index in [0.717, 1.165) is 19.4 Å². The van der Waals surface area contributed by atoms with Gasteiger partial charge in [-0.1, -0.05) is 13.0 Å². The Hall–Kier alpha value is -0.430. The highest BCUT2D eigenvalue weighted by molar-refractivity contribution is 7.86. The lowest BCUT2D eigenvalue weighted by Crippen LogP contribution is -2.49. The third-order valence-electron chi connectivity index (χ3n) is 3.31. The largest absolute Gasteiger partial charge is 0.319 e. The maximum Gasteiger partial charge on any atom is 0.282 e. The normalized spacial score (nSPS) is 22.3. The fraction of sp³-hybridized carbons (Fsp3) is 0.833. The zero-order valence-corrected chi connectivity index (χ0v) is 12.2. The Morgan fingerprint density at radius 2 is 2.28 bits per heavy atom. The van der Waals surface area contributed by atoms with Gasteiger partial charge in [0.25, 0.3) is 10.2 Å². The molecule has 0 aromatic rings. The van der Waals surface area contributed by atoms with E-state index in [1.807, 2.05) is 14.0 Å². The second-order valence-electron chi connectivity index (χ2n) is 4.67. The lowest BCUT2D eigenvalue weighted by atomic mass is 10.00. The van der Waals surface area contributed by atoms with Crippen LogP contribution in [0.4, 0.5) is 0 Å². The Bertz CT molecular complexity index is 354. The molecule has 1 aliphatic rings. The molecule has 1 heterocycles. The molecule has 1 unspecified atom stereocenters. The standard InChI is InChI=1S/C12H25N3O2S/c1-4-8-14(5-2)18(16,17)15-9-6-7-12(11-15)10-13-3/h4,12-13H,1,5-11H2,2-3H3. The fourth-order valence-electron chi connectivity index (χ4n) is 2.39. The molecule has 1 rings (SSSR count). The molecule has 5 nitrogen and oxygen atoms in total. The van der Waals surface area contributed by atoms with Gasteiger partial charge in [0.15, 0.2) is 0 Å². The van der Waals surface area contributed by atoms with E-state index in [-0.39, 0.29) is 0 Å². The van der Waals surface area contributed by atoms with Crippen molar-refractivity contribution in [3.05, 3.63) is 12.7 Å². The molecule has 1 fully saturated rings. The Labute approximate surface area is 111 Å². The average molecular weight is 275 g/mol. The molecule has 0 aromatic carbocycles. The van der Waals surface area contributed by atoms with Crippen molar-refractivity contribution in [3.8, 4) is 0 Å². The lowest BCUT2D eigenvalue weighted by molar-refractivity contribution is 0.248.